The van der Waals surface area contributed by atoms with Crippen LogP contribution in [0.3, 0.4) is 0 Å². The molecule has 0 aliphatic heterocycles. The highest BCUT2D eigenvalue weighted by Crippen LogP contribution is 2.15. The van der Waals surface area contributed by atoms with Crippen LogP contribution in [0.15, 0.2) is 12.2 Å². The van der Waals surface area contributed by atoms with Crippen LogP contribution in [0.2, 0.25) is 0 Å². The molecule has 3 N–H and O–H groups in total. The Morgan fingerprint density at radius 1 is 0.529 bits per heavy atom. The minimum Gasteiger partial charge on any atom is -0.466 e. The van der Waals surface area contributed by atoms with E-state index in [0.717, 1.165) is 77.0 Å². The molecular weight excluding hydrogens is 634 g/mol. The molecule has 0 aromatic heterocycles. The summed E-state index contributed by atoms with van der Waals surface area (Å²) in [6.45, 7) is 4.86. The van der Waals surface area contributed by atoms with E-state index in [1.807, 2.05) is 0 Å². The lowest BCUT2D eigenvalue weighted by Crippen LogP contribution is -2.45. The molecule has 6 nitrogen and oxygen atoms in total. The lowest BCUT2D eigenvalue weighted by atomic mass is 10.0. The van der Waals surface area contributed by atoms with E-state index in [2.05, 4.69) is 31.3 Å². The molecule has 0 aliphatic carbocycles. The molecule has 0 spiro atoms. The van der Waals surface area contributed by atoms with Gasteiger partial charge < -0.3 is 20.3 Å². The quantitative estimate of drug-likeness (QED) is 0.0332. The van der Waals surface area contributed by atoms with Gasteiger partial charge in [0.1, 0.15) is 0 Å². The highest BCUT2D eigenvalue weighted by atomic mass is 16.5. The summed E-state index contributed by atoms with van der Waals surface area (Å²) in [7, 11) is 0. The third-order valence-electron chi connectivity index (χ3n) is 10.3. The maximum absolute atomic E-state index is 12.4. The van der Waals surface area contributed by atoms with Gasteiger partial charge in [0.2, 0.25) is 5.91 Å². The molecule has 0 heterocycles. The molecule has 1 amide bonds. The number of nitrogens with one attached hydrogen (secondary N) is 1. The average molecular weight is 722 g/mol. The molecule has 0 radical (unpaired) electrons. The topological polar surface area (TPSA) is 95.9 Å². The van der Waals surface area contributed by atoms with E-state index >= 15 is 0 Å². The summed E-state index contributed by atoms with van der Waals surface area (Å²) in [5, 5.41) is 23.0. The summed E-state index contributed by atoms with van der Waals surface area (Å²) >= 11 is 0. The maximum atomic E-state index is 12.4. The fraction of sp³-hybridized carbons (Fsp3) is 0.911. The summed E-state index contributed by atoms with van der Waals surface area (Å²) in [6, 6.07) is -0.556. The van der Waals surface area contributed by atoms with Crippen molar-refractivity contribution >= 4 is 11.9 Å². The summed E-state index contributed by atoms with van der Waals surface area (Å²) < 4.78 is 5.42. The van der Waals surface area contributed by atoms with Crippen LogP contribution in [0.1, 0.15) is 239 Å². The van der Waals surface area contributed by atoms with Crippen molar-refractivity contribution in [2.45, 2.75) is 251 Å². The highest BCUT2D eigenvalue weighted by Gasteiger charge is 2.20. The van der Waals surface area contributed by atoms with Gasteiger partial charge in [0.05, 0.1) is 25.4 Å². The van der Waals surface area contributed by atoms with Crippen molar-refractivity contribution in [3.8, 4) is 0 Å². The van der Waals surface area contributed by atoms with Crippen molar-refractivity contribution in [2.24, 2.45) is 0 Å². The van der Waals surface area contributed by atoms with Crippen LogP contribution in [0.5, 0.6) is 0 Å². The lowest BCUT2D eigenvalue weighted by molar-refractivity contribution is -0.143. The van der Waals surface area contributed by atoms with Crippen LogP contribution in [0, 0.1) is 0 Å². The normalized spacial score (nSPS) is 12.8. The molecule has 0 fully saturated rings. The number of carbonyl (C=O) groups excluding carboxylic acids is 2. The molecule has 2 unspecified atom stereocenters. The van der Waals surface area contributed by atoms with Gasteiger partial charge in [0, 0.05) is 12.8 Å². The van der Waals surface area contributed by atoms with E-state index < -0.39 is 12.1 Å². The first-order valence-corrected chi connectivity index (χ1v) is 22.4. The highest BCUT2D eigenvalue weighted by molar-refractivity contribution is 5.76. The Morgan fingerprint density at radius 3 is 1.39 bits per heavy atom. The van der Waals surface area contributed by atoms with Gasteiger partial charge in [-0.1, -0.05) is 180 Å². The molecule has 0 aromatic carbocycles. The van der Waals surface area contributed by atoms with Crippen LogP contribution < -0.4 is 5.32 Å². The van der Waals surface area contributed by atoms with E-state index in [9.17, 15) is 19.8 Å². The van der Waals surface area contributed by atoms with Crippen LogP contribution in [0.25, 0.3) is 0 Å². The number of carbonyl (C=O) groups is 2. The summed E-state index contributed by atoms with van der Waals surface area (Å²) in [4.78, 5) is 24.3. The second-order valence-corrected chi connectivity index (χ2v) is 15.4. The largest absolute Gasteiger partial charge is 0.466 e. The van der Waals surface area contributed by atoms with Crippen molar-refractivity contribution in [2.75, 3.05) is 13.2 Å². The number of hydrogen-bond donors (Lipinski definition) is 3. The number of aliphatic hydroxyl groups excluding tert-OH is 2. The molecule has 0 rings (SSSR count). The van der Waals surface area contributed by atoms with Crippen LogP contribution in [-0.4, -0.2) is 47.4 Å². The number of amides is 1. The Morgan fingerprint density at radius 2 is 0.922 bits per heavy atom. The zero-order valence-electron chi connectivity index (χ0n) is 34.1. The van der Waals surface area contributed by atoms with Gasteiger partial charge in [-0.15, -0.1) is 0 Å². The van der Waals surface area contributed by atoms with Crippen molar-refractivity contribution in [3.05, 3.63) is 12.2 Å². The van der Waals surface area contributed by atoms with Crippen LogP contribution in [0.4, 0.5) is 0 Å². The average Bonchev–Trinajstić information content (AvgIpc) is 3.13. The first-order chi connectivity index (χ1) is 25.0. The number of esters is 1. The van der Waals surface area contributed by atoms with E-state index in [1.165, 1.54) is 128 Å². The third kappa shape index (κ3) is 38.1. The predicted octanol–water partition coefficient (Wildman–Crippen LogP) is 12.6. The molecular formula is C45H87NO5. The van der Waals surface area contributed by atoms with Crippen molar-refractivity contribution in [1.29, 1.82) is 0 Å². The maximum Gasteiger partial charge on any atom is 0.305 e. The Kier molecular flexibility index (Phi) is 40.2. The van der Waals surface area contributed by atoms with Gasteiger partial charge in [0.15, 0.2) is 0 Å². The van der Waals surface area contributed by atoms with E-state index in [-0.39, 0.29) is 18.5 Å². The van der Waals surface area contributed by atoms with Gasteiger partial charge in [0.25, 0.3) is 0 Å². The Bertz CT molecular complexity index is 757. The second kappa shape index (κ2) is 41.4. The molecule has 0 bridgehead atoms. The van der Waals surface area contributed by atoms with Gasteiger partial charge in [-0.2, -0.15) is 0 Å². The fourth-order valence-corrected chi connectivity index (χ4v) is 6.81. The summed E-state index contributed by atoms with van der Waals surface area (Å²) in [5.74, 6) is -0.0856. The minimum absolute atomic E-state index is 0.0227. The summed E-state index contributed by atoms with van der Waals surface area (Å²) in [6.07, 6.45) is 44.5. The first-order valence-electron chi connectivity index (χ1n) is 22.4. The van der Waals surface area contributed by atoms with E-state index in [0.29, 0.717) is 25.9 Å². The Hall–Kier alpha value is -1.40. The molecule has 0 saturated heterocycles. The zero-order valence-corrected chi connectivity index (χ0v) is 34.1. The molecule has 0 saturated carbocycles. The number of rotatable bonds is 41. The van der Waals surface area contributed by atoms with E-state index in [1.54, 1.807) is 0 Å². The molecule has 6 heteroatoms. The van der Waals surface area contributed by atoms with Gasteiger partial charge in [-0.25, -0.2) is 0 Å². The first kappa shape index (κ1) is 49.6. The fourth-order valence-electron chi connectivity index (χ4n) is 6.81. The second-order valence-electron chi connectivity index (χ2n) is 15.4. The van der Waals surface area contributed by atoms with Gasteiger partial charge in [-0.3, -0.25) is 9.59 Å². The Labute approximate surface area is 317 Å². The van der Waals surface area contributed by atoms with Crippen LogP contribution >= 0.6 is 0 Å². The SMILES string of the molecule is CCCCCCCCCCCCCCC(=O)OCCCCC/C=C\CCCCCCCC(=O)NC(CO)C(O)CCCCCCCCCCCC. The zero-order chi connectivity index (χ0) is 37.3. The molecule has 302 valence electrons. The molecule has 0 aromatic rings. The molecule has 51 heavy (non-hydrogen) atoms. The monoisotopic (exact) mass is 722 g/mol. The Balaban J connectivity index is 3.50. The predicted molar refractivity (Wildman–Crippen MR) is 218 cm³/mol. The number of allylic oxidation sites excluding steroid dienone is 2. The molecule has 2 atom stereocenters. The third-order valence-corrected chi connectivity index (χ3v) is 10.3. The van der Waals surface area contributed by atoms with Crippen molar-refractivity contribution in [3.63, 3.8) is 0 Å². The number of unbranched alkanes of at least 4 members (excludes halogenated alkanes) is 28. The lowest BCUT2D eigenvalue weighted by Gasteiger charge is -2.22. The smallest absolute Gasteiger partial charge is 0.305 e. The number of hydrogen-bond acceptors (Lipinski definition) is 5. The van der Waals surface area contributed by atoms with Gasteiger partial charge in [-0.05, 0) is 57.8 Å². The van der Waals surface area contributed by atoms with Crippen LogP contribution in [-0.2, 0) is 14.3 Å². The number of ether oxygens (including phenoxy) is 1. The minimum atomic E-state index is -0.676. The van der Waals surface area contributed by atoms with Crippen molar-refractivity contribution in [1.82, 2.24) is 5.32 Å². The summed E-state index contributed by atoms with van der Waals surface area (Å²) in [5.41, 5.74) is 0. The van der Waals surface area contributed by atoms with Gasteiger partial charge >= 0.3 is 5.97 Å². The van der Waals surface area contributed by atoms with Crippen molar-refractivity contribution < 1.29 is 24.5 Å². The standard InChI is InChI=1S/C45H87NO5/c1-3-5-7-9-11-13-15-19-23-27-31-35-39-45(50)51-40-36-32-28-24-20-17-16-18-22-26-30-34-38-44(49)46-42(41-47)43(48)37-33-29-25-21-14-12-10-8-6-4-2/h17,20,42-43,47-48H,3-16,18-19,21-41H2,1-2H3,(H,46,49)/b20-17-. The number of aliphatic hydroxyl groups is 2. The molecule has 0 aliphatic rings. The van der Waals surface area contributed by atoms with E-state index in [4.69, 9.17) is 4.74 Å².